The molecule has 1 N–H and O–H groups in total. The number of benzene rings is 1. The largest absolute Gasteiger partial charge is 0.481 e. The smallest absolute Gasteiger partial charge is 0.304 e. The third kappa shape index (κ3) is 4.53. The molecule has 0 amide bonds. The monoisotopic (exact) mass is 230 g/mol. The first-order chi connectivity index (χ1) is 6.68. The molecule has 76 valence electrons. The van der Waals surface area contributed by atoms with E-state index in [0.717, 1.165) is 16.3 Å². The van der Waals surface area contributed by atoms with Crippen LogP contribution in [0.5, 0.6) is 0 Å². The second-order valence-corrected chi connectivity index (χ2v) is 4.37. The van der Waals surface area contributed by atoms with E-state index in [1.807, 2.05) is 24.3 Å². The van der Waals surface area contributed by atoms with Crippen molar-refractivity contribution in [1.29, 1.82) is 0 Å². The summed E-state index contributed by atoms with van der Waals surface area (Å²) in [5.41, 5.74) is 1.13. The molecule has 0 spiro atoms. The van der Waals surface area contributed by atoms with Gasteiger partial charge < -0.3 is 5.11 Å². The zero-order valence-electron chi connectivity index (χ0n) is 7.57. The summed E-state index contributed by atoms with van der Waals surface area (Å²) in [5, 5.41) is 9.14. The summed E-state index contributed by atoms with van der Waals surface area (Å²) in [6, 6.07) is 7.61. The number of hydrogen-bond acceptors (Lipinski definition) is 2. The number of thioether (sulfide) groups is 1. The molecule has 0 saturated heterocycles. The third-order valence-corrected chi connectivity index (χ3v) is 2.88. The molecule has 0 fully saturated rings. The number of halogens is 1. The summed E-state index contributed by atoms with van der Waals surface area (Å²) >= 11 is 7.41. The third-order valence-electron chi connectivity index (χ3n) is 1.62. The Bertz CT molecular complexity index is 315. The molecule has 0 aromatic heterocycles. The van der Waals surface area contributed by atoms with Gasteiger partial charge in [0.15, 0.2) is 0 Å². The van der Waals surface area contributed by atoms with Gasteiger partial charge in [0.2, 0.25) is 0 Å². The van der Waals surface area contributed by atoms with Crippen LogP contribution in [0, 0.1) is 0 Å². The van der Waals surface area contributed by atoms with Gasteiger partial charge in [-0.1, -0.05) is 23.7 Å². The summed E-state index contributed by atoms with van der Waals surface area (Å²) in [6.07, 6.45) is 0.214. The van der Waals surface area contributed by atoms with Crippen LogP contribution in [-0.2, 0) is 10.5 Å². The number of carboxylic acids is 1. The predicted molar refractivity (Wildman–Crippen MR) is 59.9 cm³/mol. The summed E-state index contributed by atoms with van der Waals surface area (Å²) in [6.45, 7) is 0. The van der Waals surface area contributed by atoms with Crippen molar-refractivity contribution in [1.82, 2.24) is 0 Å². The van der Waals surface area contributed by atoms with E-state index in [-0.39, 0.29) is 6.42 Å². The first kappa shape index (κ1) is 11.4. The highest BCUT2D eigenvalue weighted by Gasteiger charge is 1.98. The average Bonchev–Trinajstić information content (AvgIpc) is 2.12. The average molecular weight is 231 g/mol. The molecule has 0 unspecified atom stereocenters. The lowest BCUT2D eigenvalue weighted by Crippen LogP contribution is -1.96. The molecule has 4 heteroatoms. The summed E-state index contributed by atoms with van der Waals surface area (Å²) in [4.78, 5) is 10.2. The maximum Gasteiger partial charge on any atom is 0.304 e. The van der Waals surface area contributed by atoms with Crippen LogP contribution in [0.3, 0.4) is 0 Å². The van der Waals surface area contributed by atoms with Gasteiger partial charge in [0, 0.05) is 16.5 Å². The van der Waals surface area contributed by atoms with Crippen LogP contribution < -0.4 is 0 Å². The number of rotatable bonds is 5. The van der Waals surface area contributed by atoms with Gasteiger partial charge in [-0.3, -0.25) is 4.79 Å². The van der Waals surface area contributed by atoms with Crippen molar-refractivity contribution in [2.24, 2.45) is 0 Å². The Morgan fingerprint density at radius 1 is 1.50 bits per heavy atom. The highest BCUT2D eigenvalue weighted by molar-refractivity contribution is 7.98. The van der Waals surface area contributed by atoms with E-state index in [2.05, 4.69) is 0 Å². The molecule has 0 saturated carbocycles. The SMILES string of the molecule is O=C(O)CCSCc1cccc(Cl)c1. The molecule has 0 bridgehead atoms. The normalized spacial score (nSPS) is 10.1. The minimum atomic E-state index is -0.747. The van der Waals surface area contributed by atoms with Crippen LogP contribution in [0.25, 0.3) is 0 Å². The van der Waals surface area contributed by atoms with E-state index in [4.69, 9.17) is 16.7 Å². The highest BCUT2D eigenvalue weighted by atomic mass is 35.5. The van der Waals surface area contributed by atoms with Gasteiger partial charge in [0.1, 0.15) is 0 Å². The van der Waals surface area contributed by atoms with Gasteiger partial charge in [-0.25, -0.2) is 0 Å². The summed E-state index contributed by atoms with van der Waals surface area (Å²) in [5.74, 6) is 0.707. The molecule has 1 aromatic rings. The number of hydrogen-bond donors (Lipinski definition) is 1. The lowest BCUT2D eigenvalue weighted by molar-refractivity contribution is -0.136. The molecule has 0 aliphatic carbocycles. The summed E-state index contributed by atoms with van der Waals surface area (Å²) < 4.78 is 0. The number of aliphatic carboxylic acids is 1. The topological polar surface area (TPSA) is 37.3 Å². The molecule has 0 aliphatic rings. The Kier molecular flexibility index (Phi) is 4.84. The van der Waals surface area contributed by atoms with Crippen molar-refractivity contribution in [3.05, 3.63) is 34.9 Å². The second-order valence-electron chi connectivity index (χ2n) is 2.83. The number of carboxylic acid groups (broad SMARTS) is 1. The van der Waals surface area contributed by atoms with Crippen LogP contribution in [0.4, 0.5) is 0 Å². The lowest BCUT2D eigenvalue weighted by atomic mass is 10.2. The van der Waals surface area contributed by atoms with E-state index < -0.39 is 5.97 Å². The van der Waals surface area contributed by atoms with Gasteiger partial charge in [0.05, 0.1) is 6.42 Å². The maximum absolute atomic E-state index is 10.2. The van der Waals surface area contributed by atoms with Gasteiger partial charge in [-0.2, -0.15) is 11.8 Å². The molecule has 0 aliphatic heterocycles. The van der Waals surface area contributed by atoms with E-state index in [1.165, 1.54) is 0 Å². The molecular weight excluding hydrogens is 220 g/mol. The quantitative estimate of drug-likeness (QED) is 0.790. The van der Waals surface area contributed by atoms with Gasteiger partial charge in [-0.15, -0.1) is 0 Å². The highest BCUT2D eigenvalue weighted by Crippen LogP contribution is 2.16. The Morgan fingerprint density at radius 2 is 2.29 bits per heavy atom. The van der Waals surface area contributed by atoms with Crippen molar-refractivity contribution in [2.75, 3.05) is 5.75 Å². The van der Waals surface area contributed by atoms with Crippen LogP contribution in [-0.4, -0.2) is 16.8 Å². The molecule has 1 rings (SSSR count). The Labute approximate surface area is 92.3 Å². The molecule has 0 heterocycles. The lowest BCUT2D eigenvalue weighted by Gasteiger charge is -2.00. The van der Waals surface area contributed by atoms with Crippen LogP contribution in [0.15, 0.2) is 24.3 Å². The van der Waals surface area contributed by atoms with Crippen LogP contribution in [0.1, 0.15) is 12.0 Å². The molecule has 1 aromatic carbocycles. The maximum atomic E-state index is 10.2. The van der Waals surface area contributed by atoms with E-state index in [9.17, 15) is 4.79 Å². The predicted octanol–water partition coefficient (Wildman–Crippen LogP) is 3.05. The number of carbonyl (C=O) groups is 1. The fourth-order valence-electron chi connectivity index (χ4n) is 0.976. The second kappa shape index (κ2) is 5.94. The van der Waals surface area contributed by atoms with Gasteiger partial charge in [-0.05, 0) is 17.7 Å². The minimum Gasteiger partial charge on any atom is -0.481 e. The van der Waals surface area contributed by atoms with Crippen LogP contribution in [0.2, 0.25) is 5.02 Å². The fourth-order valence-corrected chi connectivity index (χ4v) is 2.07. The van der Waals surface area contributed by atoms with E-state index >= 15 is 0 Å². The Morgan fingerprint density at radius 3 is 2.93 bits per heavy atom. The van der Waals surface area contributed by atoms with Crippen molar-refractivity contribution < 1.29 is 9.90 Å². The van der Waals surface area contributed by atoms with Crippen molar-refractivity contribution >= 4 is 29.3 Å². The van der Waals surface area contributed by atoms with Crippen molar-refractivity contribution in [3.63, 3.8) is 0 Å². The van der Waals surface area contributed by atoms with Crippen molar-refractivity contribution in [2.45, 2.75) is 12.2 Å². The van der Waals surface area contributed by atoms with Gasteiger partial charge in [0.25, 0.3) is 0 Å². The molecule has 0 atom stereocenters. The first-order valence-corrected chi connectivity index (χ1v) is 5.76. The van der Waals surface area contributed by atoms with E-state index in [1.54, 1.807) is 11.8 Å². The molecular formula is C10H11ClO2S. The zero-order chi connectivity index (χ0) is 10.4. The van der Waals surface area contributed by atoms with E-state index in [0.29, 0.717) is 5.75 Å². The molecule has 0 radical (unpaired) electrons. The fraction of sp³-hybridized carbons (Fsp3) is 0.300. The van der Waals surface area contributed by atoms with Crippen LogP contribution >= 0.6 is 23.4 Å². The first-order valence-electron chi connectivity index (χ1n) is 4.22. The summed E-state index contributed by atoms with van der Waals surface area (Å²) in [7, 11) is 0. The Hall–Kier alpha value is -0.670. The Balaban J connectivity index is 2.28. The van der Waals surface area contributed by atoms with Gasteiger partial charge >= 0.3 is 5.97 Å². The minimum absolute atomic E-state index is 0.214. The van der Waals surface area contributed by atoms with Crippen molar-refractivity contribution in [3.8, 4) is 0 Å². The molecule has 14 heavy (non-hydrogen) atoms. The molecule has 2 nitrogen and oxygen atoms in total. The zero-order valence-corrected chi connectivity index (χ0v) is 9.14. The standard InChI is InChI=1S/C10H11ClO2S/c11-9-3-1-2-8(6-9)7-14-5-4-10(12)13/h1-3,6H,4-5,7H2,(H,12,13).